The van der Waals surface area contributed by atoms with E-state index in [2.05, 4.69) is 22.4 Å². The maximum atomic E-state index is 12.3. The molecule has 0 saturated carbocycles. The quantitative estimate of drug-likeness (QED) is 0.611. The predicted octanol–water partition coefficient (Wildman–Crippen LogP) is 3.84. The highest BCUT2D eigenvalue weighted by Gasteiger charge is 2.23. The molecular weight excluding hydrogens is 306 g/mol. The SMILES string of the molecule is N#Cc1ccc(C(=O)Nc2nc3c(s2)Cc2ccccc2-3)cc1. The molecule has 0 saturated heterocycles. The zero-order valence-electron chi connectivity index (χ0n) is 12.0. The highest BCUT2D eigenvalue weighted by Crippen LogP contribution is 2.40. The number of nitriles is 1. The zero-order chi connectivity index (χ0) is 15.8. The number of fused-ring (bicyclic) bond motifs is 3. The average Bonchev–Trinajstić information content (AvgIpc) is 3.12. The van der Waals surface area contributed by atoms with Crippen molar-refractivity contribution in [1.29, 1.82) is 5.26 Å². The van der Waals surface area contributed by atoms with Crippen LogP contribution in [0.1, 0.15) is 26.4 Å². The van der Waals surface area contributed by atoms with E-state index in [4.69, 9.17) is 5.26 Å². The molecule has 5 heteroatoms. The van der Waals surface area contributed by atoms with E-state index in [0.29, 0.717) is 16.3 Å². The third-order valence-corrected chi connectivity index (χ3v) is 4.79. The molecule has 3 aromatic rings. The van der Waals surface area contributed by atoms with E-state index in [1.165, 1.54) is 21.8 Å². The number of nitrogens with zero attached hydrogens (tertiary/aromatic N) is 2. The first-order chi connectivity index (χ1) is 11.2. The molecule has 110 valence electrons. The number of nitrogens with one attached hydrogen (secondary N) is 1. The van der Waals surface area contributed by atoms with Crippen LogP contribution in [-0.2, 0) is 6.42 Å². The number of hydrogen-bond acceptors (Lipinski definition) is 4. The number of rotatable bonds is 2. The second-order valence-corrected chi connectivity index (χ2v) is 6.35. The summed E-state index contributed by atoms with van der Waals surface area (Å²) in [6.07, 6.45) is 0.871. The number of anilines is 1. The Kier molecular flexibility index (Phi) is 3.18. The fraction of sp³-hybridized carbons (Fsp3) is 0.0556. The normalized spacial score (nSPS) is 11.4. The summed E-state index contributed by atoms with van der Waals surface area (Å²) in [5.41, 5.74) is 4.45. The van der Waals surface area contributed by atoms with Gasteiger partial charge in [-0.15, -0.1) is 11.3 Å². The van der Waals surface area contributed by atoms with Crippen LogP contribution in [0.2, 0.25) is 0 Å². The number of carbonyl (C=O) groups excluding carboxylic acids is 1. The van der Waals surface area contributed by atoms with Crippen molar-refractivity contribution in [2.75, 3.05) is 5.32 Å². The van der Waals surface area contributed by atoms with Crippen LogP contribution < -0.4 is 5.32 Å². The minimum absolute atomic E-state index is 0.213. The maximum absolute atomic E-state index is 12.3. The van der Waals surface area contributed by atoms with Crippen molar-refractivity contribution in [2.45, 2.75) is 6.42 Å². The first-order valence-corrected chi connectivity index (χ1v) is 7.96. The van der Waals surface area contributed by atoms with Gasteiger partial charge in [0.15, 0.2) is 5.13 Å². The van der Waals surface area contributed by atoms with Gasteiger partial charge in [-0.05, 0) is 29.8 Å². The summed E-state index contributed by atoms with van der Waals surface area (Å²) >= 11 is 1.51. The summed E-state index contributed by atoms with van der Waals surface area (Å²) in [6, 6.07) is 16.8. The van der Waals surface area contributed by atoms with Gasteiger partial charge in [-0.3, -0.25) is 10.1 Å². The molecule has 0 bridgehead atoms. The highest BCUT2D eigenvalue weighted by molar-refractivity contribution is 7.16. The lowest BCUT2D eigenvalue weighted by atomic mass is 10.1. The van der Waals surface area contributed by atoms with Gasteiger partial charge in [0.05, 0.1) is 17.3 Å². The number of amides is 1. The third kappa shape index (κ3) is 2.39. The molecule has 1 amide bonds. The second-order valence-electron chi connectivity index (χ2n) is 5.27. The Morgan fingerprint density at radius 1 is 1.17 bits per heavy atom. The molecule has 0 spiro atoms. The van der Waals surface area contributed by atoms with Gasteiger partial charge in [-0.2, -0.15) is 5.26 Å². The molecule has 1 heterocycles. The van der Waals surface area contributed by atoms with Crippen LogP contribution in [0.5, 0.6) is 0 Å². The summed E-state index contributed by atoms with van der Waals surface area (Å²) in [5.74, 6) is -0.213. The number of carbonyl (C=O) groups is 1. The summed E-state index contributed by atoms with van der Waals surface area (Å²) in [5, 5.41) is 12.2. The van der Waals surface area contributed by atoms with Crippen LogP contribution in [0, 0.1) is 11.3 Å². The van der Waals surface area contributed by atoms with Crippen LogP contribution in [0.4, 0.5) is 5.13 Å². The third-order valence-electron chi connectivity index (χ3n) is 3.82. The topological polar surface area (TPSA) is 65.8 Å². The molecule has 4 rings (SSSR count). The van der Waals surface area contributed by atoms with Gasteiger partial charge in [0.2, 0.25) is 0 Å². The van der Waals surface area contributed by atoms with Crippen molar-refractivity contribution >= 4 is 22.4 Å². The van der Waals surface area contributed by atoms with E-state index >= 15 is 0 Å². The lowest BCUT2D eigenvalue weighted by molar-refractivity contribution is 0.102. The van der Waals surface area contributed by atoms with E-state index in [-0.39, 0.29) is 5.91 Å². The van der Waals surface area contributed by atoms with Gasteiger partial charge in [0.1, 0.15) is 0 Å². The van der Waals surface area contributed by atoms with Gasteiger partial charge in [-0.25, -0.2) is 4.98 Å². The Morgan fingerprint density at radius 3 is 2.74 bits per heavy atom. The summed E-state index contributed by atoms with van der Waals surface area (Å²) < 4.78 is 0. The number of thiazole rings is 1. The molecule has 0 aliphatic heterocycles. The second kappa shape index (κ2) is 5.34. The Balaban J connectivity index is 1.57. The van der Waals surface area contributed by atoms with Crippen LogP contribution in [0.25, 0.3) is 11.3 Å². The van der Waals surface area contributed by atoms with Crippen molar-refractivity contribution in [3.8, 4) is 17.3 Å². The Bertz CT molecular complexity index is 951. The molecule has 1 aliphatic rings. The maximum Gasteiger partial charge on any atom is 0.257 e. The van der Waals surface area contributed by atoms with Crippen molar-refractivity contribution < 1.29 is 4.79 Å². The Hall–Kier alpha value is -2.97. The molecule has 0 fully saturated rings. The lowest BCUT2D eigenvalue weighted by Gasteiger charge is -2.02. The van der Waals surface area contributed by atoms with Gasteiger partial charge < -0.3 is 0 Å². The first kappa shape index (κ1) is 13.7. The molecule has 1 aromatic heterocycles. The summed E-state index contributed by atoms with van der Waals surface area (Å²) in [4.78, 5) is 18.0. The van der Waals surface area contributed by atoms with Gasteiger partial charge in [-0.1, -0.05) is 24.3 Å². The monoisotopic (exact) mass is 317 g/mol. The number of hydrogen-bond donors (Lipinski definition) is 1. The minimum Gasteiger partial charge on any atom is -0.298 e. The summed E-state index contributed by atoms with van der Waals surface area (Å²) in [7, 11) is 0. The average molecular weight is 317 g/mol. The molecule has 4 nitrogen and oxygen atoms in total. The Labute approximate surface area is 137 Å². The molecule has 0 radical (unpaired) electrons. The molecule has 2 aromatic carbocycles. The van der Waals surface area contributed by atoms with Gasteiger partial charge in [0, 0.05) is 22.4 Å². The highest BCUT2D eigenvalue weighted by atomic mass is 32.1. The van der Waals surface area contributed by atoms with Crippen LogP contribution >= 0.6 is 11.3 Å². The summed E-state index contributed by atoms with van der Waals surface area (Å²) in [6.45, 7) is 0. The van der Waals surface area contributed by atoms with E-state index in [1.807, 2.05) is 18.2 Å². The molecule has 0 atom stereocenters. The number of aromatic nitrogens is 1. The smallest absolute Gasteiger partial charge is 0.257 e. The van der Waals surface area contributed by atoms with Crippen molar-refractivity contribution in [3.63, 3.8) is 0 Å². The van der Waals surface area contributed by atoms with Crippen LogP contribution in [-0.4, -0.2) is 10.9 Å². The van der Waals surface area contributed by atoms with Crippen molar-refractivity contribution in [2.24, 2.45) is 0 Å². The van der Waals surface area contributed by atoms with Crippen molar-refractivity contribution in [1.82, 2.24) is 4.98 Å². The lowest BCUT2D eigenvalue weighted by Crippen LogP contribution is -2.11. The minimum atomic E-state index is -0.213. The standard InChI is InChI=1S/C18H11N3OS/c19-10-11-5-7-12(8-6-11)17(22)21-18-20-16-14-4-2-1-3-13(14)9-15(16)23-18/h1-8H,9H2,(H,20,21,22). The largest absolute Gasteiger partial charge is 0.298 e. The van der Waals surface area contributed by atoms with E-state index in [0.717, 1.165) is 17.7 Å². The molecule has 1 N–H and O–H groups in total. The van der Waals surface area contributed by atoms with Gasteiger partial charge in [0.25, 0.3) is 5.91 Å². The first-order valence-electron chi connectivity index (χ1n) is 7.14. The zero-order valence-corrected chi connectivity index (χ0v) is 12.9. The van der Waals surface area contributed by atoms with Crippen LogP contribution in [0.15, 0.2) is 48.5 Å². The molecule has 23 heavy (non-hydrogen) atoms. The molecular formula is C18H11N3OS. The Morgan fingerprint density at radius 2 is 1.96 bits per heavy atom. The predicted molar refractivity (Wildman–Crippen MR) is 89.5 cm³/mol. The van der Waals surface area contributed by atoms with E-state index in [9.17, 15) is 4.79 Å². The van der Waals surface area contributed by atoms with E-state index in [1.54, 1.807) is 24.3 Å². The fourth-order valence-corrected chi connectivity index (χ4v) is 3.67. The molecule has 0 unspecified atom stereocenters. The van der Waals surface area contributed by atoms with Gasteiger partial charge >= 0.3 is 0 Å². The van der Waals surface area contributed by atoms with Crippen molar-refractivity contribution in [3.05, 3.63) is 70.1 Å². The molecule has 1 aliphatic carbocycles. The number of benzene rings is 2. The van der Waals surface area contributed by atoms with E-state index < -0.39 is 0 Å². The fourth-order valence-electron chi connectivity index (χ4n) is 2.68. The van der Waals surface area contributed by atoms with Crippen LogP contribution in [0.3, 0.4) is 0 Å².